The molecule has 0 rings (SSSR count). The molecule has 2 heteroatoms. The fourth-order valence-corrected chi connectivity index (χ4v) is 2.33. The van der Waals surface area contributed by atoms with Crippen LogP contribution in [0, 0.1) is 11.8 Å². The van der Waals surface area contributed by atoms with Crippen LogP contribution in [0.15, 0.2) is 0 Å². The van der Waals surface area contributed by atoms with Gasteiger partial charge >= 0.3 is 0 Å². The lowest BCUT2D eigenvalue weighted by Crippen LogP contribution is -2.43. The van der Waals surface area contributed by atoms with Gasteiger partial charge in [0.25, 0.3) is 0 Å². The minimum atomic E-state index is 0.110. The van der Waals surface area contributed by atoms with Gasteiger partial charge in [-0.05, 0) is 12.3 Å². The standard InChI is InChI=1S/C13H27NO.3C2H6/c1-7-11(8-2)12(9-3)14(6)13(15)10(4)5;3*1-2/h10-12H,7-9H2,1-6H3;3*1-2H3. The van der Waals surface area contributed by atoms with Crippen LogP contribution in [0.4, 0.5) is 0 Å². The van der Waals surface area contributed by atoms with Gasteiger partial charge < -0.3 is 4.90 Å². The van der Waals surface area contributed by atoms with Crippen molar-refractivity contribution in [1.82, 2.24) is 4.90 Å². The Bertz CT molecular complexity index is 186. The summed E-state index contributed by atoms with van der Waals surface area (Å²) in [7, 11) is 1.95. The summed E-state index contributed by atoms with van der Waals surface area (Å²) in [5.41, 5.74) is 0. The van der Waals surface area contributed by atoms with Crippen LogP contribution in [0.3, 0.4) is 0 Å². The van der Waals surface area contributed by atoms with Crippen LogP contribution in [-0.2, 0) is 4.79 Å². The maximum absolute atomic E-state index is 11.9. The fourth-order valence-electron chi connectivity index (χ4n) is 2.33. The predicted molar refractivity (Wildman–Crippen MR) is 99.8 cm³/mol. The second-order valence-corrected chi connectivity index (χ2v) is 4.66. The summed E-state index contributed by atoms with van der Waals surface area (Å²) in [6, 6.07) is 0.412. The highest BCUT2D eigenvalue weighted by molar-refractivity contribution is 5.78. The van der Waals surface area contributed by atoms with E-state index >= 15 is 0 Å². The maximum Gasteiger partial charge on any atom is 0.225 e. The quantitative estimate of drug-likeness (QED) is 0.556. The molecule has 132 valence electrons. The Balaban J connectivity index is -0.000000212. The Labute approximate surface area is 136 Å². The van der Waals surface area contributed by atoms with Crippen molar-refractivity contribution in [2.24, 2.45) is 11.8 Å². The summed E-state index contributed by atoms with van der Waals surface area (Å²) in [6.45, 7) is 22.5. The van der Waals surface area contributed by atoms with Crippen LogP contribution in [0.1, 0.15) is 95.4 Å². The van der Waals surface area contributed by atoms with Gasteiger partial charge in [0.15, 0.2) is 0 Å². The molecule has 0 fully saturated rings. The molecule has 0 aliphatic heterocycles. The Kier molecular flexibility index (Phi) is 29.6. The Morgan fingerprint density at radius 2 is 1.14 bits per heavy atom. The van der Waals surface area contributed by atoms with Crippen LogP contribution < -0.4 is 0 Å². The summed E-state index contributed by atoms with van der Waals surface area (Å²) in [6.07, 6.45) is 3.37. The SMILES string of the molecule is CC.CC.CC.CCC(CC)C(CC)N(C)C(=O)C(C)C. The van der Waals surface area contributed by atoms with Gasteiger partial charge in [0.2, 0.25) is 5.91 Å². The van der Waals surface area contributed by atoms with Crippen LogP contribution in [0.2, 0.25) is 0 Å². The zero-order chi connectivity index (χ0) is 18.0. The molecule has 0 aromatic heterocycles. The summed E-state index contributed by atoms with van der Waals surface area (Å²) in [4.78, 5) is 13.9. The van der Waals surface area contributed by atoms with E-state index in [1.165, 1.54) is 0 Å². The molecule has 21 heavy (non-hydrogen) atoms. The van der Waals surface area contributed by atoms with Gasteiger partial charge in [-0.1, -0.05) is 89.0 Å². The third kappa shape index (κ3) is 12.9. The van der Waals surface area contributed by atoms with Crippen molar-refractivity contribution in [3.05, 3.63) is 0 Å². The van der Waals surface area contributed by atoms with Crippen LogP contribution in [-0.4, -0.2) is 23.9 Å². The highest BCUT2D eigenvalue weighted by atomic mass is 16.2. The largest absolute Gasteiger partial charge is 0.342 e. The van der Waals surface area contributed by atoms with Crippen molar-refractivity contribution in [1.29, 1.82) is 0 Å². The van der Waals surface area contributed by atoms with Gasteiger partial charge in [0.1, 0.15) is 0 Å². The second kappa shape index (κ2) is 21.8. The minimum absolute atomic E-state index is 0.110. The molecule has 0 radical (unpaired) electrons. The first-order chi connectivity index (χ1) is 9.99. The molecule has 0 aliphatic rings. The van der Waals surface area contributed by atoms with E-state index in [2.05, 4.69) is 20.8 Å². The first kappa shape index (κ1) is 28.6. The van der Waals surface area contributed by atoms with Crippen LogP contribution >= 0.6 is 0 Å². The minimum Gasteiger partial charge on any atom is -0.342 e. The fraction of sp³-hybridized carbons (Fsp3) is 0.947. The zero-order valence-corrected chi connectivity index (χ0v) is 17.2. The van der Waals surface area contributed by atoms with Crippen LogP contribution in [0.25, 0.3) is 0 Å². The second-order valence-electron chi connectivity index (χ2n) is 4.66. The van der Waals surface area contributed by atoms with E-state index < -0.39 is 0 Å². The molecule has 0 aromatic rings. The van der Waals surface area contributed by atoms with Crippen LogP contribution in [0.5, 0.6) is 0 Å². The van der Waals surface area contributed by atoms with E-state index in [0.717, 1.165) is 19.3 Å². The van der Waals surface area contributed by atoms with E-state index in [4.69, 9.17) is 0 Å². The van der Waals surface area contributed by atoms with Crippen molar-refractivity contribution >= 4 is 5.91 Å². The zero-order valence-electron chi connectivity index (χ0n) is 17.2. The number of carbonyl (C=O) groups is 1. The summed E-state index contributed by atoms with van der Waals surface area (Å²) in [5.74, 6) is 1.02. The van der Waals surface area contributed by atoms with E-state index in [1.807, 2.05) is 67.3 Å². The smallest absolute Gasteiger partial charge is 0.225 e. The molecule has 0 saturated carbocycles. The highest BCUT2D eigenvalue weighted by Crippen LogP contribution is 2.21. The van der Waals surface area contributed by atoms with Gasteiger partial charge in [-0.15, -0.1) is 0 Å². The molecule has 1 atom stereocenters. The molecule has 0 aliphatic carbocycles. The Morgan fingerprint density at radius 3 is 1.33 bits per heavy atom. The molecule has 1 unspecified atom stereocenters. The number of nitrogens with zero attached hydrogens (tertiary/aromatic N) is 1. The molecule has 0 heterocycles. The lowest BCUT2D eigenvalue weighted by molar-refractivity contribution is -0.136. The predicted octanol–water partition coefficient (Wildman–Crippen LogP) is 6.39. The summed E-state index contributed by atoms with van der Waals surface area (Å²) in [5, 5.41) is 0. The normalized spacial score (nSPS) is 10.4. The Hall–Kier alpha value is -0.530. The first-order valence-corrected chi connectivity index (χ1v) is 9.26. The van der Waals surface area contributed by atoms with Gasteiger partial charge in [-0.2, -0.15) is 0 Å². The molecule has 0 N–H and O–H groups in total. The topological polar surface area (TPSA) is 20.3 Å². The molecule has 1 amide bonds. The molecular weight excluding hydrogens is 258 g/mol. The molecule has 0 bridgehead atoms. The highest BCUT2D eigenvalue weighted by Gasteiger charge is 2.25. The molecule has 0 saturated heterocycles. The van der Waals surface area contributed by atoms with Gasteiger partial charge in [-0.25, -0.2) is 0 Å². The lowest BCUT2D eigenvalue weighted by atomic mass is 9.90. The molecule has 0 spiro atoms. The molecular formula is C19H45NO. The van der Waals surface area contributed by atoms with E-state index in [-0.39, 0.29) is 11.8 Å². The number of hydrogen-bond acceptors (Lipinski definition) is 1. The van der Waals surface area contributed by atoms with Crippen molar-refractivity contribution in [2.45, 2.75) is 101 Å². The van der Waals surface area contributed by atoms with Crippen molar-refractivity contribution < 1.29 is 4.79 Å². The van der Waals surface area contributed by atoms with Crippen molar-refractivity contribution in [2.75, 3.05) is 7.05 Å². The van der Waals surface area contributed by atoms with E-state index in [0.29, 0.717) is 12.0 Å². The lowest BCUT2D eigenvalue weighted by Gasteiger charge is -2.34. The number of carbonyl (C=O) groups excluding carboxylic acids is 1. The molecule has 0 aromatic carbocycles. The monoisotopic (exact) mass is 303 g/mol. The van der Waals surface area contributed by atoms with Crippen molar-refractivity contribution in [3.63, 3.8) is 0 Å². The molecule has 2 nitrogen and oxygen atoms in total. The van der Waals surface area contributed by atoms with E-state index in [9.17, 15) is 4.79 Å². The maximum atomic E-state index is 11.9. The van der Waals surface area contributed by atoms with E-state index in [1.54, 1.807) is 0 Å². The van der Waals surface area contributed by atoms with Gasteiger partial charge in [0.05, 0.1) is 0 Å². The van der Waals surface area contributed by atoms with Gasteiger partial charge in [0, 0.05) is 19.0 Å². The summed E-state index contributed by atoms with van der Waals surface area (Å²) < 4.78 is 0. The third-order valence-electron chi connectivity index (χ3n) is 3.35. The number of hydrogen-bond donors (Lipinski definition) is 0. The first-order valence-electron chi connectivity index (χ1n) is 9.26. The van der Waals surface area contributed by atoms with Crippen molar-refractivity contribution in [3.8, 4) is 0 Å². The average Bonchev–Trinajstić information content (AvgIpc) is 2.56. The summed E-state index contributed by atoms with van der Waals surface area (Å²) >= 11 is 0. The average molecular weight is 304 g/mol. The third-order valence-corrected chi connectivity index (χ3v) is 3.35. The number of rotatable bonds is 6. The number of amides is 1. The van der Waals surface area contributed by atoms with Gasteiger partial charge in [-0.3, -0.25) is 4.79 Å². The Morgan fingerprint density at radius 1 is 0.810 bits per heavy atom.